The maximum atomic E-state index is 3.87. The van der Waals surface area contributed by atoms with E-state index in [0.717, 1.165) is 12.6 Å². The van der Waals surface area contributed by atoms with Crippen molar-refractivity contribution in [2.75, 3.05) is 6.54 Å². The molecule has 9 heavy (non-hydrogen) atoms. The predicted octanol–water partition coefficient (Wildman–Crippen LogP) is 0.707. The zero-order valence-corrected chi connectivity index (χ0v) is 5.30. The molecule has 0 aromatic carbocycles. The first-order valence-corrected chi connectivity index (χ1v) is 3.41. The Morgan fingerprint density at radius 3 is 2.89 bits per heavy atom. The van der Waals surface area contributed by atoms with Crippen LogP contribution in [-0.2, 0) is 0 Å². The lowest BCUT2D eigenvalue weighted by Crippen LogP contribution is -2.21. The normalized spacial score (nSPS) is 23.3. The van der Waals surface area contributed by atoms with Crippen LogP contribution in [0.5, 0.6) is 0 Å². The molecule has 0 bridgehead atoms. The molecule has 0 amide bonds. The highest BCUT2D eigenvalue weighted by molar-refractivity contribution is 5.84. The summed E-state index contributed by atoms with van der Waals surface area (Å²) in [7, 11) is 0. The smallest absolute Gasteiger partial charge is 0.0328 e. The van der Waals surface area contributed by atoms with Crippen LogP contribution in [-0.4, -0.2) is 18.8 Å². The Labute approximate surface area is 54.7 Å². The molecular weight excluding hydrogens is 112 g/mol. The minimum atomic E-state index is 0.819. The van der Waals surface area contributed by atoms with Crippen LogP contribution in [0, 0.1) is 0 Å². The van der Waals surface area contributed by atoms with Gasteiger partial charge in [-0.3, -0.25) is 4.99 Å². The number of hydrogen-bond acceptors (Lipinski definition) is 2. The molecule has 0 saturated heterocycles. The fourth-order valence-corrected chi connectivity index (χ4v) is 0.821. The molecule has 0 unspecified atom stereocenters. The predicted molar refractivity (Wildman–Crippen MR) is 37.6 cm³/mol. The van der Waals surface area contributed by atoms with Gasteiger partial charge >= 0.3 is 0 Å². The van der Waals surface area contributed by atoms with E-state index in [1.165, 1.54) is 18.4 Å². The Kier molecular flexibility index (Phi) is 1.12. The lowest BCUT2D eigenvalue weighted by molar-refractivity contribution is 0.742. The van der Waals surface area contributed by atoms with Crippen molar-refractivity contribution >= 4 is 6.21 Å². The van der Waals surface area contributed by atoms with Gasteiger partial charge in [0.2, 0.25) is 0 Å². The van der Waals surface area contributed by atoms with E-state index in [-0.39, 0.29) is 0 Å². The van der Waals surface area contributed by atoms with Crippen LogP contribution >= 0.6 is 0 Å². The fourth-order valence-electron chi connectivity index (χ4n) is 0.821. The van der Waals surface area contributed by atoms with Crippen LogP contribution in [0.15, 0.2) is 16.8 Å². The maximum absolute atomic E-state index is 3.87. The van der Waals surface area contributed by atoms with Crippen molar-refractivity contribution in [3.05, 3.63) is 11.8 Å². The minimum absolute atomic E-state index is 0.819. The second kappa shape index (κ2) is 1.95. The molecule has 2 rings (SSSR count). The first-order valence-electron chi connectivity index (χ1n) is 3.41. The largest absolute Gasteiger partial charge is 0.310 e. The molecule has 1 fully saturated rings. The Bertz CT molecular complexity index is 166. The lowest BCUT2D eigenvalue weighted by Gasteiger charge is -2.05. The third kappa shape index (κ3) is 1.19. The fraction of sp³-hybridized carbons (Fsp3) is 0.571. The highest BCUT2D eigenvalue weighted by atomic mass is 15.0. The third-order valence-electron chi connectivity index (χ3n) is 1.65. The van der Waals surface area contributed by atoms with E-state index in [1.54, 1.807) is 0 Å². The zero-order valence-electron chi connectivity index (χ0n) is 5.30. The molecule has 2 heteroatoms. The standard InChI is InChI=1S/C7H10N2/c1-2-7(1)9-5-6-3-8-4-6/h3-4,7,9H,1-2,5H2. The molecule has 48 valence electrons. The molecule has 0 spiro atoms. The van der Waals surface area contributed by atoms with Crippen molar-refractivity contribution in [3.63, 3.8) is 0 Å². The van der Waals surface area contributed by atoms with E-state index in [0.29, 0.717) is 0 Å². The Morgan fingerprint density at radius 1 is 1.67 bits per heavy atom. The van der Waals surface area contributed by atoms with Gasteiger partial charge in [-0.2, -0.15) is 0 Å². The summed E-state index contributed by atoms with van der Waals surface area (Å²) in [6.45, 7) is 1.02. The van der Waals surface area contributed by atoms with Crippen LogP contribution in [0.3, 0.4) is 0 Å². The average molecular weight is 122 g/mol. The number of nitrogens with one attached hydrogen (secondary N) is 1. The van der Waals surface area contributed by atoms with E-state index >= 15 is 0 Å². The highest BCUT2D eigenvalue weighted by Gasteiger charge is 2.20. The zero-order chi connectivity index (χ0) is 6.10. The van der Waals surface area contributed by atoms with Crippen molar-refractivity contribution in [1.29, 1.82) is 0 Å². The molecular formula is C7H10N2. The molecule has 1 saturated carbocycles. The molecule has 1 aliphatic heterocycles. The molecule has 1 N–H and O–H groups in total. The van der Waals surface area contributed by atoms with Gasteiger partial charge in [-0.25, -0.2) is 0 Å². The summed E-state index contributed by atoms with van der Waals surface area (Å²) in [5, 5.41) is 3.40. The van der Waals surface area contributed by atoms with Crippen LogP contribution in [0.4, 0.5) is 0 Å². The SMILES string of the molecule is C1=NC=C1CNC1CC1. The summed E-state index contributed by atoms with van der Waals surface area (Å²) in [5.41, 5.74) is 1.34. The van der Waals surface area contributed by atoms with Crippen molar-refractivity contribution in [3.8, 4) is 0 Å². The maximum Gasteiger partial charge on any atom is 0.0328 e. The molecule has 2 aliphatic rings. The average Bonchev–Trinajstić information content (AvgIpc) is 2.44. The van der Waals surface area contributed by atoms with Gasteiger partial charge in [0.05, 0.1) is 0 Å². The summed E-state index contributed by atoms with van der Waals surface area (Å²) in [5.74, 6) is 0. The summed E-state index contributed by atoms with van der Waals surface area (Å²) >= 11 is 0. The van der Waals surface area contributed by atoms with Crippen molar-refractivity contribution in [2.45, 2.75) is 18.9 Å². The van der Waals surface area contributed by atoms with Crippen LogP contribution in [0.25, 0.3) is 0 Å². The molecule has 1 aliphatic carbocycles. The van der Waals surface area contributed by atoms with Gasteiger partial charge in [-0.05, 0) is 12.8 Å². The van der Waals surface area contributed by atoms with Gasteiger partial charge in [-0.1, -0.05) is 0 Å². The second-order valence-corrected chi connectivity index (χ2v) is 2.64. The summed E-state index contributed by atoms with van der Waals surface area (Å²) in [6, 6.07) is 0.819. The summed E-state index contributed by atoms with van der Waals surface area (Å²) in [6.07, 6.45) is 6.56. The summed E-state index contributed by atoms with van der Waals surface area (Å²) in [4.78, 5) is 3.87. The Morgan fingerprint density at radius 2 is 2.44 bits per heavy atom. The molecule has 1 heterocycles. The molecule has 0 aromatic heterocycles. The van der Waals surface area contributed by atoms with E-state index in [4.69, 9.17) is 0 Å². The van der Waals surface area contributed by atoms with Crippen LogP contribution < -0.4 is 5.32 Å². The van der Waals surface area contributed by atoms with Gasteiger partial charge in [0, 0.05) is 30.6 Å². The second-order valence-electron chi connectivity index (χ2n) is 2.64. The lowest BCUT2D eigenvalue weighted by atomic mass is 10.2. The van der Waals surface area contributed by atoms with Crippen LogP contribution in [0.2, 0.25) is 0 Å². The van der Waals surface area contributed by atoms with Gasteiger partial charge in [0.25, 0.3) is 0 Å². The molecule has 0 radical (unpaired) electrons. The van der Waals surface area contributed by atoms with Gasteiger partial charge in [0.15, 0.2) is 0 Å². The van der Waals surface area contributed by atoms with E-state index in [2.05, 4.69) is 10.3 Å². The number of aliphatic imine (C=N–C) groups is 1. The first-order chi connectivity index (χ1) is 4.45. The van der Waals surface area contributed by atoms with Crippen molar-refractivity contribution in [1.82, 2.24) is 5.32 Å². The highest BCUT2D eigenvalue weighted by Crippen LogP contribution is 2.18. The first kappa shape index (κ1) is 5.18. The topological polar surface area (TPSA) is 24.4 Å². The Balaban J connectivity index is 1.66. The minimum Gasteiger partial charge on any atom is -0.310 e. The number of nitrogens with zero attached hydrogens (tertiary/aromatic N) is 1. The number of rotatable bonds is 3. The van der Waals surface area contributed by atoms with E-state index < -0.39 is 0 Å². The van der Waals surface area contributed by atoms with Gasteiger partial charge in [-0.15, -0.1) is 0 Å². The number of hydrogen-bond donors (Lipinski definition) is 1. The van der Waals surface area contributed by atoms with Gasteiger partial charge < -0.3 is 5.32 Å². The molecule has 0 aromatic rings. The van der Waals surface area contributed by atoms with Gasteiger partial charge in [0.1, 0.15) is 0 Å². The summed E-state index contributed by atoms with van der Waals surface area (Å²) < 4.78 is 0. The monoisotopic (exact) mass is 122 g/mol. The van der Waals surface area contributed by atoms with E-state index in [1.807, 2.05) is 12.4 Å². The molecule has 2 nitrogen and oxygen atoms in total. The van der Waals surface area contributed by atoms with E-state index in [9.17, 15) is 0 Å². The third-order valence-corrected chi connectivity index (χ3v) is 1.65. The van der Waals surface area contributed by atoms with Crippen LogP contribution in [0.1, 0.15) is 12.8 Å². The van der Waals surface area contributed by atoms with Crippen molar-refractivity contribution in [2.24, 2.45) is 4.99 Å². The Hall–Kier alpha value is -0.630. The van der Waals surface area contributed by atoms with Crippen molar-refractivity contribution < 1.29 is 0 Å². The molecule has 0 atom stereocenters. The quantitative estimate of drug-likeness (QED) is 0.585.